The van der Waals surface area contributed by atoms with Crippen LogP contribution >= 0.6 is 15.9 Å². The third-order valence-electron chi connectivity index (χ3n) is 6.57. The van der Waals surface area contributed by atoms with Gasteiger partial charge in [0.15, 0.2) is 0 Å². The molecule has 0 aliphatic heterocycles. The van der Waals surface area contributed by atoms with Crippen molar-refractivity contribution < 1.29 is 0 Å². The van der Waals surface area contributed by atoms with Gasteiger partial charge in [-0.05, 0) is 85.6 Å². The molecule has 0 saturated heterocycles. The maximum Gasteiger partial charge on any atom is 0.0181 e. The summed E-state index contributed by atoms with van der Waals surface area (Å²) in [6, 6.07) is 37.8. The molecule has 5 aromatic rings. The van der Waals surface area contributed by atoms with Crippen LogP contribution in [0.25, 0.3) is 44.2 Å². The smallest absolute Gasteiger partial charge is 0.0181 e. The van der Waals surface area contributed by atoms with Crippen LogP contribution in [0, 0.1) is 0 Å². The summed E-state index contributed by atoms with van der Waals surface area (Å²) in [5.74, 6) is 0.462. The molecule has 31 heavy (non-hydrogen) atoms. The maximum absolute atomic E-state index is 3.57. The molecule has 0 nitrogen and oxygen atoms in total. The highest BCUT2D eigenvalue weighted by Crippen LogP contribution is 2.45. The topological polar surface area (TPSA) is 0 Å². The minimum absolute atomic E-state index is 0.462. The number of hydrogen-bond acceptors (Lipinski definition) is 0. The van der Waals surface area contributed by atoms with Crippen LogP contribution in [-0.4, -0.2) is 0 Å². The van der Waals surface area contributed by atoms with Gasteiger partial charge in [-0.25, -0.2) is 0 Å². The molecule has 1 aliphatic rings. The number of rotatable bonds is 2. The first-order valence-electron chi connectivity index (χ1n) is 10.7. The van der Waals surface area contributed by atoms with Crippen LogP contribution in [0.1, 0.15) is 24.0 Å². The molecule has 0 saturated carbocycles. The molecule has 148 valence electrons. The zero-order valence-corrected chi connectivity index (χ0v) is 18.9. The molecule has 1 aliphatic carbocycles. The molecule has 1 heteroatoms. The number of benzene rings is 5. The Morgan fingerprint density at radius 2 is 1.16 bits per heavy atom. The van der Waals surface area contributed by atoms with E-state index in [-0.39, 0.29) is 0 Å². The van der Waals surface area contributed by atoms with Gasteiger partial charge in [-0.3, -0.25) is 0 Å². The van der Waals surface area contributed by atoms with Crippen molar-refractivity contribution >= 4 is 26.7 Å². The second-order valence-corrected chi connectivity index (χ2v) is 9.31. The molecule has 0 heterocycles. The van der Waals surface area contributed by atoms with E-state index in [4.69, 9.17) is 0 Å². The van der Waals surface area contributed by atoms with Crippen molar-refractivity contribution in [2.75, 3.05) is 0 Å². The normalized spacial score (nSPS) is 14.5. The fourth-order valence-corrected chi connectivity index (χ4v) is 5.29. The fourth-order valence-electron chi connectivity index (χ4n) is 4.91. The van der Waals surface area contributed by atoms with E-state index in [9.17, 15) is 0 Å². The molecule has 0 fully saturated rings. The van der Waals surface area contributed by atoms with Crippen LogP contribution in [0.4, 0.5) is 0 Å². The van der Waals surface area contributed by atoms with Crippen LogP contribution in [0.5, 0.6) is 0 Å². The van der Waals surface area contributed by atoms with E-state index >= 15 is 0 Å². The highest BCUT2D eigenvalue weighted by molar-refractivity contribution is 9.10. The average Bonchev–Trinajstić information content (AvgIpc) is 3.10. The standard InChI is InChI=1S/C30H21Br/c1-19-27-7-2-3-8-29(27)30-18-25(12-14-28(19)30)21-6-4-5-20(15-21)22-9-10-24-17-26(31)13-11-23(24)16-22/h2-19H,1H3. The van der Waals surface area contributed by atoms with E-state index in [1.54, 1.807) is 0 Å². The minimum Gasteiger partial charge on any atom is -0.0619 e. The van der Waals surface area contributed by atoms with Crippen molar-refractivity contribution in [2.24, 2.45) is 0 Å². The summed E-state index contributed by atoms with van der Waals surface area (Å²) < 4.78 is 1.11. The van der Waals surface area contributed by atoms with E-state index in [1.807, 2.05) is 0 Å². The largest absolute Gasteiger partial charge is 0.0619 e. The fraction of sp³-hybridized carbons (Fsp3) is 0.0667. The Bertz CT molecular complexity index is 1460. The van der Waals surface area contributed by atoms with Crippen molar-refractivity contribution in [2.45, 2.75) is 12.8 Å². The molecule has 1 unspecified atom stereocenters. The molecule has 0 spiro atoms. The van der Waals surface area contributed by atoms with E-state index in [0.29, 0.717) is 5.92 Å². The Labute approximate surface area is 191 Å². The van der Waals surface area contributed by atoms with Gasteiger partial charge in [0.05, 0.1) is 0 Å². The van der Waals surface area contributed by atoms with Crippen LogP contribution in [0.3, 0.4) is 0 Å². The van der Waals surface area contributed by atoms with Crippen molar-refractivity contribution in [3.05, 3.63) is 119 Å². The first-order chi connectivity index (χ1) is 15.2. The lowest BCUT2D eigenvalue weighted by atomic mass is 9.94. The Balaban J connectivity index is 1.43. The molecule has 6 rings (SSSR count). The minimum atomic E-state index is 0.462. The zero-order chi connectivity index (χ0) is 20.9. The van der Waals surface area contributed by atoms with Crippen LogP contribution in [0.15, 0.2) is 108 Å². The predicted octanol–water partition coefficient (Wildman–Crippen LogP) is 9.07. The van der Waals surface area contributed by atoms with Gasteiger partial charge in [-0.1, -0.05) is 95.7 Å². The lowest BCUT2D eigenvalue weighted by Crippen LogP contribution is -1.89. The second kappa shape index (κ2) is 7.21. The van der Waals surface area contributed by atoms with Gasteiger partial charge in [0.1, 0.15) is 0 Å². The predicted molar refractivity (Wildman–Crippen MR) is 135 cm³/mol. The van der Waals surface area contributed by atoms with Gasteiger partial charge in [0.25, 0.3) is 0 Å². The third-order valence-corrected chi connectivity index (χ3v) is 7.06. The van der Waals surface area contributed by atoms with Gasteiger partial charge < -0.3 is 0 Å². The number of fused-ring (bicyclic) bond motifs is 4. The van der Waals surface area contributed by atoms with E-state index < -0.39 is 0 Å². The summed E-state index contributed by atoms with van der Waals surface area (Å²) >= 11 is 3.57. The molecule has 0 amide bonds. The first-order valence-corrected chi connectivity index (χ1v) is 11.5. The summed E-state index contributed by atoms with van der Waals surface area (Å²) in [5, 5.41) is 2.51. The van der Waals surface area contributed by atoms with Gasteiger partial charge in [0, 0.05) is 10.4 Å². The SMILES string of the molecule is CC1c2ccccc2-c2cc(-c3cccc(-c4ccc5cc(Br)ccc5c4)c3)ccc21. The summed E-state index contributed by atoms with van der Waals surface area (Å²) in [5.41, 5.74) is 10.6. The van der Waals surface area contributed by atoms with E-state index in [0.717, 1.165) is 4.47 Å². The first kappa shape index (κ1) is 18.6. The molecule has 0 bridgehead atoms. The van der Waals surface area contributed by atoms with Crippen molar-refractivity contribution in [1.29, 1.82) is 0 Å². The Hall–Kier alpha value is -3.16. The highest BCUT2D eigenvalue weighted by Gasteiger charge is 2.25. The number of hydrogen-bond donors (Lipinski definition) is 0. The quantitative estimate of drug-likeness (QED) is 0.246. The van der Waals surface area contributed by atoms with E-state index in [1.165, 1.54) is 55.3 Å². The summed E-state index contributed by atoms with van der Waals surface area (Å²) in [6.07, 6.45) is 0. The Morgan fingerprint density at radius 1 is 0.516 bits per heavy atom. The Morgan fingerprint density at radius 3 is 2.03 bits per heavy atom. The van der Waals surface area contributed by atoms with Crippen molar-refractivity contribution in [3.8, 4) is 33.4 Å². The molecule has 1 atom stereocenters. The Kier molecular flexibility index (Phi) is 4.33. The molecule has 0 N–H and O–H groups in total. The molecule has 5 aromatic carbocycles. The summed E-state index contributed by atoms with van der Waals surface area (Å²) in [6.45, 7) is 2.31. The summed E-state index contributed by atoms with van der Waals surface area (Å²) in [4.78, 5) is 0. The number of halogens is 1. The lowest BCUT2D eigenvalue weighted by Gasteiger charge is -2.10. The molecular formula is C30H21Br. The molecule has 0 radical (unpaired) electrons. The maximum atomic E-state index is 3.57. The van der Waals surface area contributed by atoms with Crippen molar-refractivity contribution in [3.63, 3.8) is 0 Å². The average molecular weight is 461 g/mol. The van der Waals surface area contributed by atoms with Crippen molar-refractivity contribution in [1.82, 2.24) is 0 Å². The third kappa shape index (κ3) is 3.12. The van der Waals surface area contributed by atoms with Gasteiger partial charge in [-0.2, -0.15) is 0 Å². The van der Waals surface area contributed by atoms with Gasteiger partial charge in [-0.15, -0.1) is 0 Å². The van der Waals surface area contributed by atoms with Gasteiger partial charge >= 0.3 is 0 Å². The monoisotopic (exact) mass is 460 g/mol. The zero-order valence-electron chi connectivity index (χ0n) is 17.3. The summed E-state index contributed by atoms with van der Waals surface area (Å²) in [7, 11) is 0. The van der Waals surface area contributed by atoms with Crippen LogP contribution in [-0.2, 0) is 0 Å². The van der Waals surface area contributed by atoms with Crippen LogP contribution in [0.2, 0.25) is 0 Å². The molecule has 0 aromatic heterocycles. The lowest BCUT2D eigenvalue weighted by molar-refractivity contribution is 0.957. The molecular weight excluding hydrogens is 440 g/mol. The van der Waals surface area contributed by atoms with E-state index in [2.05, 4.69) is 126 Å². The highest BCUT2D eigenvalue weighted by atomic mass is 79.9. The second-order valence-electron chi connectivity index (χ2n) is 8.40. The van der Waals surface area contributed by atoms with Crippen LogP contribution < -0.4 is 0 Å². The van der Waals surface area contributed by atoms with Gasteiger partial charge in [0.2, 0.25) is 0 Å².